The first-order chi connectivity index (χ1) is 16.6. The third-order valence-corrected chi connectivity index (χ3v) is 7.63. The number of benzene rings is 1. The van der Waals surface area contributed by atoms with Crippen molar-refractivity contribution in [3.8, 4) is 0 Å². The van der Waals surface area contributed by atoms with Crippen molar-refractivity contribution in [2.24, 2.45) is 5.92 Å². The van der Waals surface area contributed by atoms with E-state index in [1.807, 2.05) is 30.0 Å². The molecule has 1 aromatic carbocycles. The minimum Gasteiger partial charge on any atom is -0.368 e. The molecule has 3 aliphatic heterocycles. The van der Waals surface area contributed by atoms with Gasteiger partial charge in [0.15, 0.2) is 0 Å². The maximum Gasteiger partial charge on any atom is 0.236 e. The quantitative estimate of drug-likeness (QED) is 0.715. The van der Waals surface area contributed by atoms with E-state index >= 15 is 0 Å². The molecule has 7 nitrogen and oxygen atoms in total. The molecular formula is C27H35N5O2. The van der Waals surface area contributed by atoms with Crippen LogP contribution in [-0.2, 0) is 9.59 Å². The monoisotopic (exact) mass is 461 g/mol. The Morgan fingerprint density at radius 3 is 2.38 bits per heavy atom. The summed E-state index contributed by atoms with van der Waals surface area (Å²) in [6.07, 6.45) is 6.24. The van der Waals surface area contributed by atoms with Gasteiger partial charge in [0.2, 0.25) is 11.8 Å². The van der Waals surface area contributed by atoms with E-state index < -0.39 is 0 Å². The lowest BCUT2D eigenvalue weighted by Gasteiger charge is -2.40. The molecule has 4 heterocycles. The van der Waals surface area contributed by atoms with Gasteiger partial charge in [0.25, 0.3) is 0 Å². The molecule has 180 valence electrons. The van der Waals surface area contributed by atoms with Gasteiger partial charge in [-0.25, -0.2) is 0 Å². The predicted octanol–water partition coefficient (Wildman–Crippen LogP) is 3.27. The van der Waals surface area contributed by atoms with E-state index in [0.717, 1.165) is 69.2 Å². The van der Waals surface area contributed by atoms with E-state index in [1.165, 1.54) is 18.4 Å². The van der Waals surface area contributed by atoms with Crippen molar-refractivity contribution in [1.29, 1.82) is 0 Å². The minimum atomic E-state index is 0.00158. The second-order valence-corrected chi connectivity index (χ2v) is 9.96. The maximum atomic E-state index is 12.7. The summed E-state index contributed by atoms with van der Waals surface area (Å²) in [7, 11) is 0. The van der Waals surface area contributed by atoms with Gasteiger partial charge in [-0.1, -0.05) is 12.1 Å². The molecular weight excluding hydrogens is 426 g/mol. The van der Waals surface area contributed by atoms with Crippen LogP contribution in [0.2, 0.25) is 0 Å². The van der Waals surface area contributed by atoms with Crippen molar-refractivity contribution >= 4 is 23.2 Å². The number of amides is 2. The predicted molar refractivity (Wildman–Crippen MR) is 134 cm³/mol. The van der Waals surface area contributed by atoms with Gasteiger partial charge in [-0.15, -0.1) is 0 Å². The molecule has 3 fully saturated rings. The molecule has 0 unspecified atom stereocenters. The number of pyridine rings is 1. The number of hydrogen-bond donors (Lipinski definition) is 1. The molecule has 1 N–H and O–H groups in total. The number of rotatable bonds is 6. The highest BCUT2D eigenvalue weighted by atomic mass is 16.2. The topological polar surface area (TPSA) is 68.8 Å². The van der Waals surface area contributed by atoms with E-state index in [1.54, 1.807) is 6.20 Å². The summed E-state index contributed by atoms with van der Waals surface area (Å²) >= 11 is 0. The first kappa shape index (κ1) is 22.8. The van der Waals surface area contributed by atoms with E-state index in [9.17, 15) is 9.59 Å². The lowest BCUT2D eigenvalue weighted by atomic mass is 9.89. The van der Waals surface area contributed by atoms with Crippen molar-refractivity contribution in [3.63, 3.8) is 0 Å². The first-order valence-corrected chi connectivity index (χ1v) is 12.6. The fraction of sp³-hybridized carbons (Fsp3) is 0.519. The van der Waals surface area contributed by atoms with E-state index in [2.05, 4.69) is 38.3 Å². The highest BCUT2D eigenvalue weighted by Gasteiger charge is 2.33. The molecule has 0 saturated carbocycles. The Morgan fingerprint density at radius 1 is 1.00 bits per heavy atom. The summed E-state index contributed by atoms with van der Waals surface area (Å²) in [6, 6.07) is 12.3. The standard InChI is InChI=1S/C27H35N5O2/c1-20-25(5-4-12-28-20)32-17-23(18-32)27(34)29-24-8-6-21(7-9-24)22-10-15-31(16-11-22)26(33)19-30-13-2-3-14-30/h4-9,12,22-23H,2-3,10-11,13-19H2,1H3,(H,29,34). The van der Waals surface area contributed by atoms with Gasteiger partial charge in [0.1, 0.15) is 0 Å². The number of carbonyl (C=O) groups is 2. The molecule has 7 heteroatoms. The average molecular weight is 462 g/mol. The molecule has 2 amide bonds. The molecule has 3 saturated heterocycles. The zero-order valence-corrected chi connectivity index (χ0v) is 20.1. The van der Waals surface area contributed by atoms with Crippen molar-refractivity contribution in [3.05, 3.63) is 53.9 Å². The molecule has 3 aliphatic rings. The summed E-state index contributed by atoms with van der Waals surface area (Å²) < 4.78 is 0. The Morgan fingerprint density at radius 2 is 1.71 bits per heavy atom. The number of carbonyl (C=O) groups excluding carboxylic acids is 2. The van der Waals surface area contributed by atoms with Crippen LogP contribution in [0.1, 0.15) is 42.9 Å². The van der Waals surface area contributed by atoms with Gasteiger partial charge in [-0.3, -0.25) is 19.5 Å². The number of aromatic nitrogens is 1. The number of piperidine rings is 1. The highest BCUT2D eigenvalue weighted by Crippen LogP contribution is 2.30. The van der Waals surface area contributed by atoms with Crippen LogP contribution in [0.3, 0.4) is 0 Å². The zero-order valence-electron chi connectivity index (χ0n) is 20.1. The molecule has 0 atom stereocenters. The van der Waals surface area contributed by atoms with E-state index in [-0.39, 0.29) is 17.7 Å². The second-order valence-electron chi connectivity index (χ2n) is 9.96. The maximum absolute atomic E-state index is 12.7. The highest BCUT2D eigenvalue weighted by molar-refractivity contribution is 5.94. The van der Waals surface area contributed by atoms with Gasteiger partial charge in [0.05, 0.1) is 23.8 Å². The van der Waals surface area contributed by atoms with Crippen LogP contribution >= 0.6 is 0 Å². The van der Waals surface area contributed by atoms with E-state index in [0.29, 0.717) is 12.5 Å². The van der Waals surface area contributed by atoms with Crippen LogP contribution in [0, 0.1) is 12.8 Å². The second kappa shape index (κ2) is 10.1. The van der Waals surface area contributed by atoms with Crippen LogP contribution in [0.5, 0.6) is 0 Å². The van der Waals surface area contributed by atoms with Crippen molar-refractivity contribution in [2.75, 3.05) is 56.0 Å². The SMILES string of the molecule is Cc1ncccc1N1CC(C(=O)Nc2ccc(C3CCN(C(=O)CN4CCCC4)CC3)cc2)C1. The number of likely N-dealkylation sites (tertiary alicyclic amines) is 2. The van der Waals surface area contributed by atoms with Crippen molar-refractivity contribution < 1.29 is 9.59 Å². The lowest BCUT2D eigenvalue weighted by Crippen LogP contribution is -2.52. The summed E-state index contributed by atoms with van der Waals surface area (Å²) in [6.45, 7) is 7.84. The molecule has 34 heavy (non-hydrogen) atoms. The number of nitrogens with one attached hydrogen (secondary N) is 1. The van der Waals surface area contributed by atoms with Gasteiger partial charge in [-0.05, 0) is 81.4 Å². The van der Waals surface area contributed by atoms with Crippen molar-refractivity contribution in [1.82, 2.24) is 14.8 Å². The Bertz CT molecular complexity index is 1000. The van der Waals surface area contributed by atoms with Gasteiger partial charge >= 0.3 is 0 Å². The Labute approximate surface area is 202 Å². The summed E-state index contributed by atoms with van der Waals surface area (Å²) in [5.41, 5.74) is 4.26. The van der Waals surface area contributed by atoms with Gasteiger partial charge in [0, 0.05) is 38.1 Å². The molecule has 0 radical (unpaired) electrons. The smallest absolute Gasteiger partial charge is 0.236 e. The minimum absolute atomic E-state index is 0.00158. The van der Waals surface area contributed by atoms with Gasteiger partial charge < -0.3 is 15.1 Å². The van der Waals surface area contributed by atoms with Gasteiger partial charge in [-0.2, -0.15) is 0 Å². The normalized spacial score (nSPS) is 19.8. The van der Waals surface area contributed by atoms with Crippen LogP contribution in [-0.4, -0.2) is 72.4 Å². The number of hydrogen-bond acceptors (Lipinski definition) is 5. The fourth-order valence-electron chi connectivity index (χ4n) is 5.43. The third-order valence-electron chi connectivity index (χ3n) is 7.63. The average Bonchev–Trinajstić information content (AvgIpc) is 3.33. The molecule has 0 spiro atoms. The number of anilines is 2. The third kappa shape index (κ3) is 5.09. The molecule has 0 aliphatic carbocycles. The van der Waals surface area contributed by atoms with E-state index in [4.69, 9.17) is 0 Å². The van der Waals surface area contributed by atoms with Crippen molar-refractivity contribution in [2.45, 2.75) is 38.5 Å². The summed E-state index contributed by atoms with van der Waals surface area (Å²) in [5, 5.41) is 3.08. The van der Waals surface area contributed by atoms with Crippen LogP contribution < -0.4 is 10.2 Å². The molecule has 2 aromatic rings. The Hall–Kier alpha value is -2.93. The summed E-state index contributed by atoms with van der Waals surface area (Å²) in [5.74, 6) is 0.840. The summed E-state index contributed by atoms with van der Waals surface area (Å²) in [4.78, 5) is 36.1. The number of aryl methyl sites for hydroxylation is 1. The fourth-order valence-corrected chi connectivity index (χ4v) is 5.43. The van der Waals surface area contributed by atoms with Crippen LogP contribution in [0.4, 0.5) is 11.4 Å². The molecule has 0 bridgehead atoms. The Balaban J connectivity index is 1.07. The number of nitrogens with zero attached hydrogens (tertiary/aromatic N) is 4. The first-order valence-electron chi connectivity index (χ1n) is 12.6. The van der Waals surface area contributed by atoms with Crippen LogP contribution in [0.15, 0.2) is 42.6 Å². The van der Waals surface area contributed by atoms with Crippen LogP contribution in [0.25, 0.3) is 0 Å². The molecule has 1 aromatic heterocycles. The Kier molecular flexibility index (Phi) is 6.81. The molecule has 5 rings (SSSR count). The zero-order chi connectivity index (χ0) is 23.5. The lowest BCUT2D eigenvalue weighted by molar-refractivity contribution is -0.133. The largest absolute Gasteiger partial charge is 0.368 e.